The maximum absolute atomic E-state index is 10.9. The zero-order valence-electron chi connectivity index (χ0n) is 19.4. The number of thiocarbonyl (C=S) groups is 1. The van der Waals surface area contributed by atoms with Gasteiger partial charge in [0.05, 0.1) is 26.0 Å². The summed E-state index contributed by atoms with van der Waals surface area (Å²) in [5, 5.41) is 23.3. The zero-order chi connectivity index (χ0) is 24.4. The summed E-state index contributed by atoms with van der Waals surface area (Å²) in [5.41, 5.74) is 3.27. The van der Waals surface area contributed by atoms with Gasteiger partial charge in [0.1, 0.15) is 17.2 Å². The second kappa shape index (κ2) is 9.64. The Labute approximate surface area is 209 Å². The van der Waals surface area contributed by atoms with Crippen molar-refractivity contribution < 1.29 is 14.6 Å². The third-order valence-electron chi connectivity index (χ3n) is 6.15. The van der Waals surface area contributed by atoms with E-state index in [1.54, 1.807) is 25.3 Å². The molecule has 0 aliphatic carbocycles. The van der Waals surface area contributed by atoms with Gasteiger partial charge < -0.3 is 19.9 Å². The van der Waals surface area contributed by atoms with Crippen LogP contribution in [0.15, 0.2) is 90.0 Å². The Kier molecular flexibility index (Phi) is 6.25. The number of hydrazone groups is 1. The topological polar surface area (TPSA) is 66.3 Å². The number of benzene rings is 4. The SMILES string of the molecule is COc1ccc(NC(=S)N2N=C(c3c(O)ccc4ccccc34)CC2c2ccccc2OC)cc1. The zero-order valence-corrected chi connectivity index (χ0v) is 20.3. The lowest BCUT2D eigenvalue weighted by atomic mass is 9.94. The van der Waals surface area contributed by atoms with Crippen LogP contribution in [-0.4, -0.2) is 35.2 Å². The molecule has 0 radical (unpaired) electrons. The lowest BCUT2D eigenvalue weighted by Gasteiger charge is -2.26. The van der Waals surface area contributed by atoms with Crippen LogP contribution in [-0.2, 0) is 0 Å². The molecular weight excluding hydrogens is 458 g/mol. The Morgan fingerprint density at radius 3 is 2.46 bits per heavy atom. The highest BCUT2D eigenvalue weighted by Crippen LogP contribution is 2.40. The lowest BCUT2D eigenvalue weighted by molar-refractivity contribution is 0.350. The number of nitrogens with zero attached hydrogens (tertiary/aromatic N) is 2. The Morgan fingerprint density at radius 1 is 0.943 bits per heavy atom. The third kappa shape index (κ3) is 4.38. The molecule has 1 unspecified atom stereocenters. The molecule has 0 aromatic heterocycles. The van der Waals surface area contributed by atoms with E-state index >= 15 is 0 Å². The van der Waals surface area contributed by atoms with Crippen LogP contribution < -0.4 is 14.8 Å². The summed E-state index contributed by atoms with van der Waals surface area (Å²) in [6.45, 7) is 0. The number of hydrogen-bond acceptors (Lipinski definition) is 5. The molecule has 1 aliphatic heterocycles. The van der Waals surface area contributed by atoms with E-state index in [0.29, 0.717) is 11.5 Å². The monoisotopic (exact) mass is 483 g/mol. The van der Waals surface area contributed by atoms with E-state index in [-0.39, 0.29) is 11.8 Å². The number of para-hydroxylation sites is 1. The summed E-state index contributed by atoms with van der Waals surface area (Å²) in [7, 11) is 3.29. The molecule has 1 atom stereocenters. The summed E-state index contributed by atoms with van der Waals surface area (Å²) in [6.07, 6.45) is 0.548. The van der Waals surface area contributed by atoms with E-state index in [1.165, 1.54) is 0 Å². The first kappa shape index (κ1) is 22.7. The Balaban J connectivity index is 1.57. The summed E-state index contributed by atoms with van der Waals surface area (Å²) in [5.74, 6) is 1.71. The van der Waals surface area contributed by atoms with Crippen molar-refractivity contribution in [3.05, 3.63) is 96.1 Å². The quantitative estimate of drug-likeness (QED) is 0.334. The molecule has 4 aromatic rings. The predicted octanol–water partition coefficient (Wildman–Crippen LogP) is 6.11. The van der Waals surface area contributed by atoms with Crippen LogP contribution >= 0.6 is 12.2 Å². The fraction of sp³-hybridized carbons (Fsp3) is 0.143. The van der Waals surface area contributed by atoms with Crippen LogP contribution in [0.1, 0.15) is 23.6 Å². The standard InChI is InChI=1S/C28H25N3O3S/c1-33-20-14-12-19(13-15-20)29-28(35)31-24(22-9-5-6-10-26(22)34-2)17-23(30-31)27-21-8-4-3-7-18(21)11-16-25(27)32/h3-16,24,32H,17H2,1-2H3,(H,29,35). The van der Waals surface area contributed by atoms with Crippen molar-refractivity contribution >= 4 is 39.5 Å². The highest BCUT2D eigenvalue weighted by molar-refractivity contribution is 7.80. The average Bonchev–Trinajstić information content (AvgIpc) is 3.34. The van der Waals surface area contributed by atoms with Crippen LogP contribution in [0.4, 0.5) is 5.69 Å². The maximum Gasteiger partial charge on any atom is 0.194 e. The molecule has 0 saturated carbocycles. The molecule has 6 nitrogen and oxygen atoms in total. The molecule has 4 aromatic carbocycles. The smallest absolute Gasteiger partial charge is 0.194 e. The molecule has 0 saturated heterocycles. The molecule has 35 heavy (non-hydrogen) atoms. The third-order valence-corrected chi connectivity index (χ3v) is 6.44. The fourth-order valence-electron chi connectivity index (χ4n) is 4.45. The van der Waals surface area contributed by atoms with Crippen LogP contribution in [0, 0.1) is 0 Å². The van der Waals surface area contributed by atoms with Gasteiger partial charge in [0, 0.05) is 23.2 Å². The van der Waals surface area contributed by atoms with Crippen LogP contribution in [0.3, 0.4) is 0 Å². The predicted molar refractivity (Wildman–Crippen MR) is 144 cm³/mol. The highest BCUT2D eigenvalue weighted by Gasteiger charge is 2.34. The first-order valence-electron chi connectivity index (χ1n) is 11.2. The first-order valence-corrected chi connectivity index (χ1v) is 11.7. The van der Waals surface area contributed by atoms with Gasteiger partial charge in [-0.15, -0.1) is 0 Å². The molecule has 0 fully saturated rings. The molecule has 0 bridgehead atoms. The summed E-state index contributed by atoms with van der Waals surface area (Å²) in [4.78, 5) is 0. The van der Waals surface area contributed by atoms with Crippen molar-refractivity contribution in [2.75, 3.05) is 19.5 Å². The second-order valence-corrected chi connectivity index (χ2v) is 8.58. The number of phenols is 1. The van der Waals surface area contributed by atoms with Gasteiger partial charge in [-0.3, -0.25) is 0 Å². The minimum atomic E-state index is -0.210. The van der Waals surface area contributed by atoms with Gasteiger partial charge in [0.2, 0.25) is 0 Å². The van der Waals surface area contributed by atoms with Crippen molar-refractivity contribution in [2.24, 2.45) is 5.10 Å². The van der Waals surface area contributed by atoms with Crippen LogP contribution in [0.25, 0.3) is 10.8 Å². The Bertz CT molecular complexity index is 1420. The van der Waals surface area contributed by atoms with Crippen molar-refractivity contribution in [3.63, 3.8) is 0 Å². The van der Waals surface area contributed by atoms with Gasteiger partial charge in [0.25, 0.3) is 0 Å². The summed E-state index contributed by atoms with van der Waals surface area (Å²) in [6, 6.07) is 26.8. The Hall–Kier alpha value is -4.10. The van der Waals surface area contributed by atoms with Crippen LogP contribution in [0.2, 0.25) is 0 Å². The lowest BCUT2D eigenvalue weighted by Crippen LogP contribution is -2.31. The van der Waals surface area contributed by atoms with Crippen molar-refractivity contribution in [1.29, 1.82) is 0 Å². The van der Waals surface area contributed by atoms with Crippen molar-refractivity contribution in [3.8, 4) is 17.2 Å². The molecule has 5 rings (SSSR count). The molecule has 7 heteroatoms. The number of phenolic OH excluding ortho intramolecular Hbond substituents is 1. The molecule has 0 spiro atoms. The van der Waals surface area contributed by atoms with Gasteiger partial charge in [0.15, 0.2) is 5.11 Å². The molecule has 1 aliphatic rings. The number of rotatable bonds is 5. The highest BCUT2D eigenvalue weighted by atomic mass is 32.1. The summed E-state index contributed by atoms with van der Waals surface area (Å²) < 4.78 is 10.9. The van der Waals surface area contributed by atoms with Crippen molar-refractivity contribution in [1.82, 2.24) is 5.01 Å². The van der Waals surface area contributed by atoms with Gasteiger partial charge in [-0.1, -0.05) is 48.5 Å². The van der Waals surface area contributed by atoms with E-state index in [0.717, 1.165) is 44.8 Å². The average molecular weight is 484 g/mol. The first-order chi connectivity index (χ1) is 17.1. The van der Waals surface area contributed by atoms with Crippen molar-refractivity contribution in [2.45, 2.75) is 12.5 Å². The van der Waals surface area contributed by atoms with E-state index in [9.17, 15) is 5.11 Å². The maximum atomic E-state index is 10.9. The number of nitrogens with one attached hydrogen (secondary N) is 1. The molecule has 1 heterocycles. The Morgan fingerprint density at radius 2 is 1.69 bits per heavy atom. The number of fused-ring (bicyclic) bond motifs is 1. The number of anilines is 1. The van der Waals surface area contributed by atoms with E-state index in [4.69, 9.17) is 26.8 Å². The minimum absolute atomic E-state index is 0.192. The molecule has 176 valence electrons. The number of aromatic hydroxyl groups is 1. The largest absolute Gasteiger partial charge is 0.507 e. The second-order valence-electron chi connectivity index (χ2n) is 8.19. The van der Waals surface area contributed by atoms with Gasteiger partial charge in [-0.2, -0.15) is 5.10 Å². The minimum Gasteiger partial charge on any atom is -0.507 e. The number of ether oxygens (including phenoxy) is 2. The molecular formula is C28H25N3O3S. The van der Waals surface area contributed by atoms with Crippen LogP contribution in [0.5, 0.6) is 17.2 Å². The molecule has 2 N–H and O–H groups in total. The fourth-order valence-corrected chi connectivity index (χ4v) is 4.74. The van der Waals surface area contributed by atoms with E-state index in [2.05, 4.69) is 5.32 Å². The molecule has 0 amide bonds. The summed E-state index contributed by atoms with van der Waals surface area (Å²) >= 11 is 5.82. The van der Waals surface area contributed by atoms with Gasteiger partial charge in [-0.25, -0.2) is 5.01 Å². The van der Waals surface area contributed by atoms with Gasteiger partial charge in [-0.05, 0) is 59.4 Å². The van der Waals surface area contributed by atoms with Gasteiger partial charge >= 0.3 is 0 Å². The van der Waals surface area contributed by atoms with E-state index in [1.807, 2.05) is 78.9 Å². The normalized spacial score (nSPS) is 15.1. The number of hydrogen-bond donors (Lipinski definition) is 2. The number of methoxy groups -OCH3 is 2. The van der Waals surface area contributed by atoms with E-state index < -0.39 is 0 Å².